The minimum absolute atomic E-state index is 1.04. The quantitative estimate of drug-likeness (QED) is 0.194. The number of hydrogen-bond donors (Lipinski definition) is 0. The van der Waals surface area contributed by atoms with Crippen LogP contribution in [0.3, 0.4) is 0 Å². The molecule has 0 saturated carbocycles. The Morgan fingerprint density at radius 3 is 1.85 bits per heavy atom. The zero-order chi connectivity index (χ0) is 30.5. The summed E-state index contributed by atoms with van der Waals surface area (Å²) in [5, 5.41) is 6.11. The van der Waals surface area contributed by atoms with Gasteiger partial charge in [-0.2, -0.15) is 0 Å². The van der Waals surface area contributed by atoms with Gasteiger partial charge in [0.05, 0.1) is 21.6 Å². The molecule has 0 bridgehead atoms. The molecule has 0 aliphatic heterocycles. The highest BCUT2D eigenvalue weighted by Gasteiger charge is 2.21. The number of anilines is 3. The SMILES string of the molecule is c1ccc(-c2ccc(N(c3ccc(-c4ccccc4)c4ccccc34)c3ccnc4c3sc3cc5ccccc5cc34)cc2)cc1. The van der Waals surface area contributed by atoms with Crippen molar-refractivity contribution < 1.29 is 0 Å². The van der Waals surface area contributed by atoms with E-state index < -0.39 is 0 Å². The van der Waals surface area contributed by atoms with E-state index in [1.54, 1.807) is 0 Å². The third kappa shape index (κ3) is 4.44. The first-order valence-corrected chi connectivity index (χ1v) is 16.4. The predicted octanol–water partition coefficient (Wildman–Crippen LogP) is 12.6. The summed E-state index contributed by atoms with van der Waals surface area (Å²) in [6, 6.07) is 58.9. The van der Waals surface area contributed by atoms with Crippen LogP contribution in [-0.2, 0) is 0 Å². The van der Waals surface area contributed by atoms with E-state index in [9.17, 15) is 0 Å². The van der Waals surface area contributed by atoms with Crippen LogP contribution in [0.1, 0.15) is 0 Å². The number of nitrogens with zero attached hydrogens (tertiary/aromatic N) is 2. The van der Waals surface area contributed by atoms with Gasteiger partial charge < -0.3 is 4.90 Å². The molecule has 0 unspecified atom stereocenters. The molecule has 0 aliphatic carbocycles. The van der Waals surface area contributed by atoms with Gasteiger partial charge >= 0.3 is 0 Å². The summed E-state index contributed by atoms with van der Waals surface area (Å²) < 4.78 is 2.42. The van der Waals surface area contributed by atoms with Crippen LogP contribution in [-0.4, -0.2) is 4.98 Å². The molecule has 216 valence electrons. The van der Waals surface area contributed by atoms with Crippen LogP contribution in [0.2, 0.25) is 0 Å². The number of hydrogen-bond acceptors (Lipinski definition) is 3. The molecule has 0 atom stereocenters. The fraction of sp³-hybridized carbons (Fsp3) is 0. The molecule has 0 saturated heterocycles. The van der Waals surface area contributed by atoms with Crippen LogP contribution in [0.15, 0.2) is 170 Å². The molecule has 2 heterocycles. The molecule has 9 rings (SSSR count). The van der Waals surface area contributed by atoms with Gasteiger partial charge in [0.2, 0.25) is 0 Å². The molecule has 3 heteroatoms. The van der Waals surface area contributed by atoms with Gasteiger partial charge in [0.15, 0.2) is 0 Å². The lowest BCUT2D eigenvalue weighted by Gasteiger charge is -2.28. The van der Waals surface area contributed by atoms with E-state index >= 15 is 0 Å². The summed E-state index contributed by atoms with van der Waals surface area (Å²) in [6.07, 6.45) is 1.96. The minimum atomic E-state index is 1.04. The average molecular weight is 605 g/mol. The first-order chi connectivity index (χ1) is 22.8. The van der Waals surface area contributed by atoms with Gasteiger partial charge in [-0.3, -0.25) is 4.98 Å². The smallest absolute Gasteiger partial charge is 0.0909 e. The number of fused-ring (bicyclic) bond motifs is 5. The van der Waals surface area contributed by atoms with Gasteiger partial charge in [-0.25, -0.2) is 0 Å². The monoisotopic (exact) mass is 604 g/mol. The second-order valence-electron chi connectivity index (χ2n) is 11.6. The van der Waals surface area contributed by atoms with E-state index in [2.05, 4.69) is 169 Å². The predicted molar refractivity (Wildman–Crippen MR) is 198 cm³/mol. The maximum Gasteiger partial charge on any atom is 0.0909 e. The fourth-order valence-corrected chi connectivity index (χ4v) is 7.89. The van der Waals surface area contributed by atoms with Crippen molar-refractivity contribution in [3.8, 4) is 22.3 Å². The Kier molecular flexibility index (Phi) is 6.36. The van der Waals surface area contributed by atoms with Crippen molar-refractivity contribution in [2.75, 3.05) is 4.90 Å². The van der Waals surface area contributed by atoms with Crippen molar-refractivity contribution in [3.05, 3.63) is 170 Å². The molecule has 0 N–H and O–H groups in total. The van der Waals surface area contributed by atoms with E-state index in [1.807, 2.05) is 17.5 Å². The standard InChI is InChI=1S/C43H28N2S/c1-3-11-29(12-4-1)30-19-21-34(22-20-30)45(39-24-23-35(31-13-5-2-6-14-31)36-17-9-10-18-37(36)39)40-25-26-44-42-38-27-32-15-7-8-16-33(32)28-41(38)46-43(40)42/h1-28H. The Bertz CT molecular complexity index is 2520. The van der Waals surface area contributed by atoms with Crippen LogP contribution in [0, 0.1) is 0 Å². The van der Waals surface area contributed by atoms with Crippen molar-refractivity contribution in [3.63, 3.8) is 0 Å². The van der Waals surface area contributed by atoms with Gasteiger partial charge in [-0.15, -0.1) is 11.3 Å². The number of rotatable bonds is 5. The Morgan fingerprint density at radius 1 is 0.457 bits per heavy atom. The Balaban J connectivity index is 1.30. The Labute approximate surface area is 271 Å². The van der Waals surface area contributed by atoms with Crippen molar-refractivity contribution in [1.29, 1.82) is 0 Å². The zero-order valence-electron chi connectivity index (χ0n) is 25.0. The largest absolute Gasteiger partial charge is 0.308 e. The molecule has 0 spiro atoms. The molecular formula is C43H28N2S. The van der Waals surface area contributed by atoms with E-state index in [1.165, 1.54) is 58.6 Å². The summed E-state index contributed by atoms with van der Waals surface area (Å²) in [6.45, 7) is 0. The molecule has 0 fully saturated rings. The molecule has 9 aromatic rings. The highest BCUT2D eigenvalue weighted by molar-refractivity contribution is 7.26. The summed E-state index contributed by atoms with van der Waals surface area (Å²) >= 11 is 1.82. The summed E-state index contributed by atoms with van der Waals surface area (Å²) in [5.74, 6) is 0. The third-order valence-corrected chi connectivity index (χ3v) is 10.1. The first kappa shape index (κ1) is 26.6. The maximum atomic E-state index is 4.96. The highest BCUT2D eigenvalue weighted by atomic mass is 32.1. The Morgan fingerprint density at radius 2 is 1.09 bits per heavy atom. The first-order valence-electron chi connectivity index (χ1n) is 15.5. The number of benzene rings is 7. The molecular weight excluding hydrogens is 577 g/mol. The van der Waals surface area contributed by atoms with Gasteiger partial charge in [-0.1, -0.05) is 127 Å². The van der Waals surface area contributed by atoms with Crippen LogP contribution in [0.25, 0.3) is 64.1 Å². The lowest BCUT2D eigenvalue weighted by Crippen LogP contribution is -2.11. The lowest BCUT2D eigenvalue weighted by atomic mass is 9.96. The second kappa shape index (κ2) is 11.0. The van der Waals surface area contributed by atoms with Crippen LogP contribution in [0.4, 0.5) is 17.1 Å². The summed E-state index contributed by atoms with van der Waals surface area (Å²) in [7, 11) is 0. The Hall–Kier alpha value is -5.77. The highest BCUT2D eigenvalue weighted by Crippen LogP contribution is 2.47. The van der Waals surface area contributed by atoms with E-state index in [4.69, 9.17) is 4.98 Å². The third-order valence-electron chi connectivity index (χ3n) is 8.90. The molecule has 2 nitrogen and oxygen atoms in total. The number of aromatic nitrogens is 1. The minimum Gasteiger partial charge on any atom is -0.308 e. The van der Waals surface area contributed by atoms with Gasteiger partial charge in [0.25, 0.3) is 0 Å². The zero-order valence-corrected chi connectivity index (χ0v) is 25.8. The van der Waals surface area contributed by atoms with Gasteiger partial charge in [0, 0.05) is 27.4 Å². The van der Waals surface area contributed by atoms with Gasteiger partial charge in [-0.05, 0) is 74.8 Å². The topological polar surface area (TPSA) is 16.1 Å². The van der Waals surface area contributed by atoms with Crippen molar-refractivity contribution in [1.82, 2.24) is 4.98 Å². The van der Waals surface area contributed by atoms with E-state index in [-0.39, 0.29) is 0 Å². The normalized spacial score (nSPS) is 11.5. The lowest BCUT2D eigenvalue weighted by molar-refractivity contribution is 1.30. The van der Waals surface area contributed by atoms with Crippen LogP contribution < -0.4 is 4.90 Å². The van der Waals surface area contributed by atoms with E-state index in [0.29, 0.717) is 0 Å². The van der Waals surface area contributed by atoms with Crippen LogP contribution in [0.5, 0.6) is 0 Å². The number of thiophene rings is 1. The summed E-state index contributed by atoms with van der Waals surface area (Å²) in [4.78, 5) is 7.38. The molecule has 0 aliphatic rings. The maximum absolute atomic E-state index is 4.96. The fourth-order valence-electron chi connectivity index (χ4n) is 6.69. The van der Waals surface area contributed by atoms with Crippen molar-refractivity contribution in [2.24, 2.45) is 0 Å². The number of pyridine rings is 1. The van der Waals surface area contributed by atoms with Gasteiger partial charge in [0.1, 0.15) is 0 Å². The molecule has 0 radical (unpaired) electrons. The molecule has 46 heavy (non-hydrogen) atoms. The molecule has 2 aromatic heterocycles. The van der Waals surface area contributed by atoms with Crippen molar-refractivity contribution >= 4 is 70.2 Å². The van der Waals surface area contributed by atoms with E-state index in [0.717, 1.165) is 22.6 Å². The van der Waals surface area contributed by atoms with Crippen molar-refractivity contribution in [2.45, 2.75) is 0 Å². The average Bonchev–Trinajstić information content (AvgIpc) is 3.50. The summed E-state index contributed by atoms with van der Waals surface area (Å²) in [5.41, 5.74) is 9.26. The molecule has 7 aromatic carbocycles. The molecule has 0 amide bonds. The van der Waals surface area contributed by atoms with Crippen LogP contribution >= 0.6 is 11.3 Å². The second-order valence-corrected chi connectivity index (χ2v) is 12.6.